The lowest BCUT2D eigenvalue weighted by Crippen LogP contribution is -2.22. The highest BCUT2D eigenvalue weighted by molar-refractivity contribution is 5.99. The van der Waals surface area contributed by atoms with Crippen molar-refractivity contribution in [2.75, 3.05) is 11.9 Å². The molecule has 0 atom stereocenters. The van der Waals surface area contributed by atoms with Crippen molar-refractivity contribution in [3.63, 3.8) is 0 Å². The van der Waals surface area contributed by atoms with Crippen LogP contribution in [-0.2, 0) is 22.4 Å². The minimum Gasteiger partial charge on any atom is -0.451 e. The van der Waals surface area contributed by atoms with E-state index in [2.05, 4.69) is 10.3 Å². The lowest BCUT2D eigenvalue weighted by atomic mass is 10.0. The van der Waals surface area contributed by atoms with E-state index in [1.165, 1.54) is 19.2 Å². The van der Waals surface area contributed by atoms with Crippen molar-refractivity contribution >= 4 is 23.3 Å². The lowest BCUT2D eigenvalue weighted by Gasteiger charge is -2.14. The number of carbonyl (C=O) groups excluding carboxylic acids is 3. The summed E-state index contributed by atoms with van der Waals surface area (Å²) >= 11 is 0. The van der Waals surface area contributed by atoms with Crippen LogP contribution in [0.15, 0.2) is 30.5 Å². The van der Waals surface area contributed by atoms with E-state index in [4.69, 9.17) is 4.74 Å². The van der Waals surface area contributed by atoms with E-state index in [0.717, 1.165) is 29.7 Å². The second-order valence-electron chi connectivity index (χ2n) is 5.64. The van der Waals surface area contributed by atoms with Crippen LogP contribution in [0.3, 0.4) is 0 Å². The van der Waals surface area contributed by atoms with Crippen molar-refractivity contribution in [2.45, 2.75) is 33.6 Å². The summed E-state index contributed by atoms with van der Waals surface area (Å²) in [5.74, 6) is -1.24. The molecule has 25 heavy (non-hydrogen) atoms. The van der Waals surface area contributed by atoms with Gasteiger partial charge in [0.1, 0.15) is 5.69 Å². The SMILES string of the molecule is CCc1cccc(CC)c1NC(=O)COC(=O)c1cc(C(C)=O)c[nH]1. The molecule has 0 bridgehead atoms. The first-order valence-electron chi connectivity index (χ1n) is 8.23. The number of hydrogen-bond acceptors (Lipinski definition) is 4. The number of H-pyrrole nitrogens is 1. The second kappa shape index (κ2) is 8.28. The Kier molecular flexibility index (Phi) is 6.11. The number of ketones is 1. The molecule has 0 aliphatic heterocycles. The molecule has 0 aliphatic rings. The molecule has 1 aromatic carbocycles. The Morgan fingerprint density at radius 2 is 1.76 bits per heavy atom. The molecule has 0 saturated carbocycles. The second-order valence-corrected chi connectivity index (χ2v) is 5.64. The van der Waals surface area contributed by atoms with Gasteiger partial charge in [-0.1, -0.05) is 32.0 Å². The van der Waals surface area contributed by atoms with E-state index >= 15 is 0 Å². The Balaban J connectivity index is 1.99. The molecule has 132 valence electrons. The molecule has 0 unspecified atom stereocenters. The quantitative estimate of drug-likeness (QED) is 0.598. The van der Waals surface area contributed by atoms with E-state index < -0.39 is 18.5 Å². The summed E-state index contributed by atoms with van der Waals surface area (Å²) < 4.78 is 5.01. The average Bonchev–Trinajstić information content (AvgIpc) is 3.10. The molecular weight excluding hydrogens is 320 g/mol. The number of ether oxygens (including phenoxy) is 1. The van der Waals surface area contributed by atoms with Crippen LogP contribution in [0, 0.1) is 0 Å². The predicted molar refractivity (Wildman–Crippen MR) is 94.9 cm³/mol. The number of esters is 1. The first-order chi connectivity index (χ1) is 12.0. The largest absolute Gasteiger partial charge is 0.451 e. The van der Waals surface area contributed by atoms with E-state index in [9.17, 15) is 14.4 Å². The Morgan fingerprint density at radius 1 is 1.12 bits per heavy atom. The van der Waals surface area contributed by atoms with Gasteiger partial charge in [0.15, 0.2) is 12.4 Å². The molecule has 2 N–H and O–H groups in total. The van der Waals surface area contributed by atoms with Crippen LogP contribution < -0.4 is 5.32 Å². The number of amides is 1. The standard InChI is InChI=1S/C19H22N2O4/c1-4-13-7-6-8-14(5-2)18(13)21-17(23)11-25-19(24)16-9-15(10-20-16)12(3)22/h6-10,20H,4-5,11H2,1-3H3,(H,21,23). The number of hydrogen-bond donors (Lipinski definition) is 2. The van der Waals surface area contributed by atoms with Crippen LogP contribution in [0.1, 0.15) is 52.7 Å². The summed E-state index contributed by atoms with van der Waals surface area (Å²) in [5, 5.41) is 2.83. The number of benzene rings is 1. The van der Waals surface area contributed by atoms with Gasteiger partial charge in [-0.05, 0) is 37.0 Å². The normalized spacial score (nSPS) is 10.4. The number of carbonyl (C=O) groups is 3. The topological polar surface area (TPSA) is 88.3 Å². The molecule has 6 nitrogen and oxygen atoms in total. The minimum absolute atomic E-state index is 0.140. The van der Waals surface area contributed by atoms with Crippen LogP contribution in [0.4, 0.5) is 5.69 Å². The van der Waals surface area contributed by atoms with Crippen LogP contribution in [0.5, 0.6) is 0 Å². The summed E-state index contributed by atoms with van der Waals surface area (Å²) in [6.07, 6.45) is 3.02. The molecular formula is C19H22N2O4. The van der Waals surface area contributed by atoms with Gasteiger partial charge in [0.2, 0.25) is 0 Å². The Bertz CT molecular complexity index is 770. The maximum atomic E-state index is 12.1. The van der Waals surface area contributed by atoms with E-state index in [-0.39, 0.29) is 11.5 Å². The van der Waals surface area contributed by atoms with Gasteiger partial charge in [-0.2, -0.15) is 0 Å². The third kappa shape index (κ3) is 4.56. The summed E-state index contributed by atoms with van der Waals surface area (Å²) in [5.41, 5.74) is 3.39. The van der Waals surface area contributed by atoms with Gasteiger partial charge in [-0.15, -0.1) is 0 Å². The molecule has 0 saturated heterocycles. The summed E-state index contributed by atoms with van der Waals surface area (Å²) in [7, 11) is 0. The highest BCUT2D eigenvalue weighted by Crippen LogP contribution is 2.22. The number of Topliss-reactive ketones (excluding diaryl/α,β-unsaturated/α-hetero) is 1. The Hall–Kier alpha value is -2.89. The lowest BCUT2D eigenvalue weighted by molar-refractivity contribution is -0.119. The van der Waals surface area contributed by atoms with Crippen LogP contribution in [0.25, 0.3) is 0 Å². The minimum atomic E-state index is -0.679. The average molecular weight is 342 g/mol. The third-order valence-electron chi connectivity index (χ3n) is 3.91. The van der Waals surface area contributed by atoms with Crippen LogP contribution in [-0.4, -0.2) is 29.3 Å². The van der Waals surface area contributed by atoms with Gasteiger partial charge in [0, 0.05) is 17.4 Å². The number of rotatable bonds is 7. The van der Waals surface area contributed by atoms with E-state index in [1.807, 2.05) is 32.0 Å². The highest BCUT2D eigenvalue weighted by Gasteiger charge is 2.15. The smallest absolute Gasteiger partial charge is 0.355 e. The fourth-order valence-corrected chi connectivity index (χ4v) is 2.50. The van der Waals surface area contributed by atoms with E-state index in [1.54, 1.807) is 0 Å². The molecule has 0 fully saturated rings. The van der Waals surface area contributed by atoms with Crippen LogP contribution >= 0.6 is 0 Å². The zero-order chi connectivity index (χ0) is 18.4. The number of nitrogens with one attached hydrogen (secondary N) is 2. The number of aromatic amines is 1. The van der Waals surface area contributed by atoms with E-state index in [0.29, 0.717) is 5.56 Å². The number of aromatic nitrogens is 1. The highest BCUT2D eigenvalue weighted by atomic mass is 16.5. The van der Waals surface area contributed by atoms with Gasteiger partial charge >= 0.3 is 5.97 Å². The van der Waals surface area contributed by atoms with Crippen molar-refractivity contribution in [1.29, 1.82) is 0 Å². The van der Waals surface area contributed by atoms with Gasteiger partial charge in [0.25, 0.3) is 5.91 Å². The predicted octanol–water partition coefficient (Wildman–Crippen LogP) is 3.14. The van der Waals surface area contributed by atoms with Crippen molar-refractivity contribution in [3.8, 4) is 0 Å². The maximum absolute atomic E-state index is 12.1. The van der Waals surface area contributed by atoms with Gasteiger partial charge in [-0.25, -0.2) is 4.79 Å². The fourth-order valence-electron chi connectivity index (χ4n) is 2.50. The number of para-hydroxylation sites is 1. The summed E-state index contributed by atoms with van der Waals surface area (Å²) in [4.78, 5) is 38.0. The van der Waals surface area contributed by atoms with Crippen molar-refractivity contribution in [3.05, 3.63) is 52.8 Å². The fraction of sp³-hybridized carbons (Fsp3) is 0.316. The van der Waals surface area contributed by atoms with Crippen molar-refractivity contribution in [2.24, 2.45) is 0 Å². The molecule has 1 heterocycles. The van der Waals surface area contributed by atoms with Gasteiger partial charge in [-0.3, -0.25) is 9.59 Å². The monoisotopic (exact) mass is 342 g/mol. The molecule has 0 radical (unpaired) electrons. The summed E-state index contributed by atoms with van der Waals surface area (Å²) in [6.45, 7) is 5.04. The Labute approximate surface area is 146 Å². The molecule has 0 spiro atoms. The van der Waals surface area contributed by atoms with Crippen molar-refractivity contribution < 1.29 is 19.1 Å². The summed E-state index contributed by atoms with van der Waals surface area (Å²) in [6, 6.07) is 7.29. The first-order valence-corrected chi connectivity index (χ1v) is 8.23. The Morgan fingerprint density at radius 3 is 2.28 bits per heavy atom. The number of aryl methyl sites for hydroxylation is 2. The van der Waals surface area contributed by atoms with Crippen molar-refractivity contribution in [1.82, 2.24) is 4.98 Å². The maximum Gasteiger partial charge on any atom is 0.355 e. The van der Waals surface area contributed by atoms with Gasteiger partial charge < -0.3 is 15.0 Å². The number of anilines is 1. The molecule has 6 heteroatoms. The zero-order valence-corrected chi connectivity index (χ0v) is 14.6. The molecule has 1 aromatic heterocycles. The van der Waals surface area contributed by atoms with Crippen LogP contribution in [0.2, 0.25) is 0 Å². The molecule has 2 rings (SSSR count). The third-order valence-corrected chi connectivity index (χ3v) is 3.91. The van der Waals surface area contributed by atoms with Gasteiger partial charge in [0.05, 0.1) is 0 Å². The zero-order valence-electron chi connectivity index (χ0n) is 14.6. The molecule has 0 aliphatic carbocycles. The molecule has 1 amide bonds. The first kappa shape index (κ1) is 18.4. The molecule has 2 aromatic rings.